The van der Waals surface area contributed by atoms with E-state index in [-0.39, 0.29) is 6.42 Å². The molecule has 1 aliphatic heterocycles. The molecule has 0 radical (unpaired) electrons. The summed E-state index contributed by atoms with van der Waals surface area (Å²) >= 11 is 5.24. The fourth-order valence-corrected chi connectivity index (χ4v) is 1.36. The molecule has 0 aromatic carbocycles. The van der Waals surface area contributed by atoms with Crippen molar-refractivity contribution < 1.29 is 9.48 Å². The Morgan fingerprint density at radius 2 is 2.41 bits per heavy atom. The van der Waals surface area contributed by atoms with Crippen molar-refractivity contribution in [2.45, 2.75) is 6.42 Å². The number of nitrogens with one attached hydrogen (secondary N) is 1. The van der Waals surface area contributed by atoms with Crippen molar-refractivity contribution in [3.63, 3.8) is 0 Å². The molecule has 0 unspecified atom stereocenters. The maximum absolute atomic E-state index is 10.6. The summed E-state index contributed by atoms with van der Waals surface area (Å²) in [5, 5.41) is -0.399. The van der Waals surface area contributed by atoms with Crippen molar-refractivity contribution >= 4 is 28.6 Å². The molecule has 0 aliphatic carbocycles. The highest BCUT2D eigenvalue weighted by molar-refractivity contribution is 6.64. The number of hydrazine groups is 1. The third-order valence-electron chi connectivity index (χ3n) is 2.09. The lowest BCUT2D eigenvalue weighted by molar-refractivity contribution is -0.507. The van der Waals surface area contributed by atoms with Crippen LogP contribution in [0, 0.1) is 0 Å². The SMILES string of the molecule is O=C(Cl)CC=[N+]1C=CC(c2cnccn2)=CN1. The molecular weight excluding hydrogens is 240 g/mol. The molecule has 17 heavy (non-hydrogen) atoms. The number of carbonyl (C=O) groups excluding carboxylic acids is 1. The van der Waals surface area contributed by atoms with Gasteiger partial charge in [-0.2, -0.15) is 5.43 Å². The van der Waals surface area contributed by atoms with Gasteiger partial charge >= 0.3 is 0 Å². The van der Waals surface area contributed by atoms with Gasteiger partial charge < -0.3 is 0 Å². The lowest BCUT2D eigenvalue weighted by Gasteiger charge is -2.05. The van der Waals surface area contributed by atoms with Crippen LogP contribution >= 0.6 is 11.6 Å². The Morgan fingerprint density at radius 3 is 3.00 bits per heavy atom. The van der Waals surface area contributed by atoms with Crippen LogP contribution in [0.25, 0.3) is 5.57 Å². The van der Waals surface area contributed by atoms with Crippen LogP contribution in [0.15, 0.2) is 37.1 Å². The van der Waals surface area contributed by atoms with E-state index in [1.807, 2.05) is 6.08 Å². The van der Waals surface area contributed by atoms with Gasteiger partial charge in [-0.05, 0) is 11.6 Å². The minimum Gasteiger partial charge on any atom is -0.281 e. The van der Waals surface area contributed by atoms with E-state index in [1.165, 1.54) is 0 Å². The van der Waals surface area contributed by atoms with E-state index in [1.54, 1.807) is 41.9 Å². The standard InChI is InChI=1S/C11H10ClN4O/c12-11(17)2-6-16-5-1-9(7-15-16)10-8-13-3-4-14-10/h1,3-8,15H,2H2/q+1. The smallest absolute Gasteiger partial charge is 0.231 e. The fourth-order valence-electron chi connectivity index (χ4n) is 1.29. The minimum absolute atomic E-state index is 0.174. The van der Waals surface area contributed by atoms with Gasteiger partial charge in [-0.15, -0.1) is 0 Å². The van der Waals surface area contributed by atoms with Gasteiger partial charge in [-0.25, -0.2) is 0 Å². The second-order valence-electron chi connectivity index (χ2n) is 3.28. The summed E-state index contributed by atoms with van der Waals surface area (Å²) in [6, 6.07) is 0. The summed E-state index contributed by atoms with van der Waals surface area (Å²) in [4.78, 5) is 18.8. The number of hydrazone groups is 1. The van der Waals surface area contributed by atoms with Crippen molar-refractivity contribution in [1.29, 1.82) is 0 Å². The number of carbonyl (C=O) groups is 1. The third-order valence-corrected chi connectivity index (χ3v) is 2.25. The first-order valence-electron chi connectivity index (χ1n) is 4.96. The number of aromatic nitrogens is 2. The van der Waals surface area contributed by atoms with Gasteiger partial charge in [0.1, 0.15) is 6.42 Å². The molecular formula is C11H10ClN4O+. The van der Waals surface area contributed by atoms with Crippen LogP contribution in [-0.2, 0) is 4.79 Å². The van der Waals surface area contributed by atoms with Gasteiger partial charge in [0.05, 0.1) is 18.1 Å². The zero-order valence-electron chi connectivity index (χ0n) is 8.88. The van der Waals surface area contributed by atoms with Gasteiger partial charge in [0.25, 0.3) is 0 Å². The van der Waals surface area contributed by atoms with Crippen LogP contribution in [0.2, 0.25) is 0 Å². The Morgan fingerprint density at radius 1 is 1.53 bits per heavy atom. The van der Waals surface area contributed by atoms with E-state index in [0.717, 1.165) is 11.3 Å². The van der Waals surface area contributed by atoms with Crippen LogP contribution in [-0.4, -0.2) is 26.1 Å². The van der Waals surface area contributed by atoms with E-state index in [0.29, 0.717) is 0 Å². The second kappa shape index (κ2) is 5.36. The zero-order chi connectivity index (χ0) is 12.1. The van der Waals surface area contributed by atoms with Crippen molar-refractivity contribution in [1.82, 2.24) is 15.4 Å². The van der Waals surface area contributed by atoms with E-state index in [4.69, 9.17) is 11.6 Å². The van der Waals surface area contributed by atoms with Crippen molar-refractivity contribution in [2.75, 3.05) is 0 Å². The Balaban J connectivity index is 2.07. The molecule has 5 nitrogen and oxygen atoms in total. The number of halogens is 1. The van der Waals surface area contributed by atoms with Gasteiger partial charge in [0, 0.05) is 24.0 Å². The molecule has 0 spiro atoms. The first kappa shape index (κ1) is 11.5. The summed E-state index contributed by atoms with van der Waals surface area (Å²) in [7, 11) is 0. The molecule has 0 bridgehead atoms. The Hall–Kier alpha value is -2.01. The number of rotatable bonds is 3. The van der Waals surface area contributed by atoms with Gasteiger partial charge in [-0.1, -0.05) is 4.68 Å². The minimum atomic E-state index is -0.399. The molecule has 0 fully saturated rings. The topological polar surface area (TPSA) is 57.9 Å². The molecule has 1 N–H and O–H groups in total. The second-order valence-corrected chi connectivity index (χ2v) is 3.71. The molecule has 1 aliphatic rings. The van der Waals surface area contributed by atoms with Crippen molar-refractivity contribution in [3.05, 3.63) is 42.8 Å². The molecule has 86 valence electrons. The Kier molecular flexibility index (Phi) is 3.62. The summed E-state index contributed by atoms with van der Waals surface area (Å²) in [6.07, 6.45) is 12.2. The average molecular weight is 250 g/mol. The summed E-state index contributed by atoms with van der Waals surface area (Å²) < 4.78 is 1.65. The van der Waals surface area contributed by atoms with Gasteiger partial charge in [0.2, 0.25) is 5.24 Å². The Bertz CT molecular complexity index is 507. The van der Waals surface area contributed by atoms with E-state index >= 15 is 0 Å². The number of hydrogen-bond donors (Lipinski definition) is 1. The summed E-state index contributed by atoms with van der Waals surface area (Å²) in [5.41, 5.74) is 4.67. The van der Waals surface area contributed by atoms with Crippen molar-refractivity contribution in [2.24, 2.45) is 0 Å². The largest absolute Gasteiger partial charge is 0.281 e. The van der Waals surface area contributed by atoms with Crippen LogP contribution in [0.5, 0.6) is 0 Å². The molecule has 1 aromatic heterocycles. The summed E-state index contributed by atoms with van der Waals surface area (Å²) in [5.74, 6) is 0. The summed E-state index contributed by atoms with van der Waals surface area (Å²) in [6.45, 7) is 0. The van der Waals surface area contributed by atoms with Gasteiger partial charge in [0.15, 0.2) is 12.4 Å². The Labute approximate surface area is 103 Å². The maximum Gasteiger partial charge on any atom is 0.231 e. The fraction of sp³-hybridized carbons (Fsp3) is 0.0909. The van der Waals surface area contributed by atoms with Crippen LogP contribution < -0.4 is 5.43 Å². The molecule has 2 rings (SSSR count). The zero-order valence-corrected chi connectivity index (χ0v) is 9.63. The van der Waals surface area contributed by atoms with Crippen LogP contribution in [0.4, 0.5) is 0 Å². The molecule has 6 heteroatoms. The van der Waals surface area contributed by atoms with E-state index in [9.17, 15) is 4.79 Å². The lowest BCUT2D eigenvalue weighted by Crippen LogP contribution is -2.23. The first-order valence-corrected chi connectivity index (χ1v) is 5.34. The average Bonchev–Trinajstić information content (AvgIpc) is 2.38. The van der Waals surface area contributed by atoms with Crippen molar-refractivity contribution in [3.8, 4) is 0 Å². The number of hydrogen-bond acceptors (Lipinski definition) is 4. The molecule has 2 heterocycles. The first-order chi connectivity index (χ1) is 8.25. The molecule has 1 aromatic rings. The highest BCUT2D eigenvalue weighted by Crippen LogP contribution is 2.12. The third kappa shape index (κ3) is 3.22. The quantitative estimate of drug-likeness (QED) is 0.644. The highest BCUT2D eigenvalue weighted by Gasteiger charge is 2.09. The van der Waals surface area contributed by atoms with E-state index < -0.39 is 5.24 Å². The maximum atomic E-state index is 10.6. The lowest BCUT2D eigenvalue weighted by atomic mass is 10.2. The molecule has 0 saturated carbocycles. The van der Waals surface area contributed by atoms with Crippen LogP contribution in [0.1, 0.15) is 12.1 Å². The predicted octanol–water partition coefficient (Wildman–Crippen LogP) is 1.09. The van der Waals surface area contributed by atoms with Gasteiger partial charge in [-0.3, -0.25) is 14.8 Å². The molecule has 0 atom stereocenters. The number of nitrogens with zero attached hydrogens (tertiary/aromatic N) is 3. The normalized spacial score (nSPS) is 16.5. The molecule has 0 amide bonds. The van der Waals surface area contributed by atoms with E-state index in [2.05, 4.69) is 15.4 Å². The highest BCUT2D eigenvalue weighted by atomic mass is 35.5. The molecule has 0 saturated heterocycles. The monoisotopic (exact) mass is 249 g/mol. The predicted molar refractivity (Wildman–Crippen MR) is 64.1 cm³/mol. The van der Waals surface area contributed by atoms with Crippen LogP contribution in [0.3, 0.4) is 0 Å². The number of allylic oxidation sites excluding steroid dienone is 2.